The fourth-order valence-corrected chi connectivity index (χ4v) is 2.70. The highest BCUT2D eigenvalue weighted by molar-refractivity contribution is 4.94. The van der Waals surface area contributed by atoms with Crippen LogP contribution in [0.25, 0.3) is 0 Å². The third-order valence-electron chi connectivity index (χ3n) is 3.66. The van der Waals surface area contributed by atoms with Gasteiger partial charge in [-0.15, -0.1) is 5.10 Å². The van der Waals surface area contributed by atoms with Gasteiger partial charge >= 0.3 is 0 Å². The van der Waals surface area contributed by atoms with Crippen LogP contribution in [0.1, 0.15) is 33.7 Å². The SMILES string of the molecule is CC1CN(C(C)(C)C)CC(N)C1n1ccnn1. The summed E-state index contributed by atoms with van der Waals surface area (Å²) in [5.74, 6) is 0.486. The summed E-state index contributed by atoms with van der Waals surface area (Å²) in [6.07, 6.45) is 3.63. The number of aromatic nitrogens is 3. The molecule has 17 heavy (non-hydrogen) atoms. The molecule has 0 aromatic carbocycles. The minimum Gasteiger partial charge on any atom is -0.325 e. The quantitative estimate of drug-likeness (QED) is 0.788. The van der Waals surface area contributed by atoms with Gasteiger partial charge in [-0.05, 0) is 26.7 Å². The first-order valence-corrected chi connectivity index (χ1v) is 6.26. The molecule has 0 amide bonds. The maximum atomic E-state index is 6.32. The molecule has 3 atom stereocenters. The van der Waals surface area contributed by atoms with Gasteiger partial charge in [-0.1, -0.05) is 12.1 Å². The fraction of sp³-hybridized carbons (Fsp3) is 0.833. The van der Waals surface area contributed by atoms with E-state index in [0.29, 0.717) is 5.92 Å². The summed E-state index contributed by atoms with van der Waals surface area (Å²) in [6.45, 7) is 10.9. The Balaban J connectivity index is 2.14. The molecule has 2 N–H and O–H groups in total. The molecule has 2 heterocycles. The molecule has 1 aromatic heterocycles. The number of hydrogen-bond donors (Lipinski definition) is 1. The second kappa shape index (κ2) is 4.38. The Bertz CT molecular complexity index is 341. The van der Waals surface area contributed by atoms with Gasteiger partial charge in [0, 0.05) is 30.9 Å². The van der Waals surface area contributed by atoms with Gasteiger partial charge in [0.15, 0.2) is 0 Å². The van der Waals surface area contributed by atoms with E-state index in [1.807, 2.05) is 10.9 Å². The van der Waals surface area contributed by atoms with Gasteiger partial charge in [-0.2, -0.15) is 0 Å². The van der Waals surface area contributed by atoms with E-state index in [2.05, 4.69) is 42.9 Å². The van der Waals surface area contributed by atoms with E-state index in [0.717, 1.165) is 13.1 Å². The second-order valence-corrected chi connectivity index (χ2v) is 6.09. The van der Waals surface area contributed by atoms with Crippen LogP contribution in [-0.2, 0) is 0 Å². The van der Waals surface area contributed by atoms with Gasteiger partial charge in [0.1, 0.15) is 0 Å². The second-order valence-electron chi connectivity index (χ2n) is 6.09. The lowest BCUT2D eigenvalue weighted by molar-refractivity contribution is 0.0387. The van der Waals surface area contributed by atoms with Crippen molar-refractivity contribution in [2.45, 2.75) is 45.3 Å². The van der Waals surface area contributed by atoms with Crippen molar-refractivity contribution in [3.05, 3.63) is 12.4 Å². The first-order valence-electron chi connectivity index (χ1n) is 6.26. The van der Waals surface area contributed by atoms with Crippen LogP contribution in [0.15, 0.2) is 12.4 Å². The van der Waals surface area contributed by atoms with Crippen LogP contribution >= 0.6 is 0 Å². The average Bonchev–Trinajstić information content (AvgIpc) is 2.68. The van der Waals surface area contributed by atoms with Gasteiger partial charge in [0.2, 0.25) is 0 Å². The highest BCUT2D eigenvalue weighted by atomic mass is 15.4. The number of nitrogens with zero attached hydrogens (tertiary/aromatic N) is 4. The van der Waals surface area contributed by atoms with E-state index in [9.17, 15) is 0 Å². The van der Waals surface area contributed by atoms with Crippen molar-refractivity contribution < 1.29 is 0 Å². The van der Waals surface area contributed by atoms with Gasteiger partial charge in [0.05, 0.1) is 12.2 Å². The van der Waals surface area contributed by atoms with E-state index in [1.165, 1.54) is 0 Å². The van der Waals surface area contributed by atoms with E-state index in [1.54, 1.807) is 6.20 Å². The Morgan fingerprint density at radius 3 is 2.47 bits per heavy atom. The molecule has 1 aliphatic rings. The normalized spacial score (nSPS) is 31.7. The van der Waals surface area contributed by atoms with Crippen LogP contribution in [0.3, 0.4) is 0 Å². The van der Waals surface area contributed by atoms with Crippen molar-refractivity contribution in [2.24, 2.45) is 11.7 Å². The Labute approximate surface area is 103 Å². The molecule has 0 aliphatic carbocycles. The summed E-state index contributed by atoms with van der Waals surface area (Å²) in [5, 5.41) is 7.97. The van der Waals surface area contributed by atoms with Crippen molar-refractivity contribution in [2.75, 3.05) is 13.1 Å². The number of likely N-dealkylation sites (tertiary alicyclic amines) is 1. The standard InChI is InChI=1S/C12H23N5/c1-9-7-16(12(2,3)4)8-10(13)11(9)17-6-5-14-15-17/h5-6,9-11H,7-8,13H2,1-4H3. The molecule has 5 heteroatoms. The molecule has 2 rings (SSSR count). The molecular formula is C12H23N5. The zero-order valence-electron chi connectivity index (χ0n) is 11.2. The Morgan fingerprint density at radius 1 is 1.29 bits per heavy atom. The van der Waals surface area contributed by atoms with Crippen molar-refractivity contribution >= 4 is 0 Å². The van der Waals surface area contributed by atoms with Crippen LogP contribution in [0.5, 0.6) is 0 Å². The van der Waals surface area contributed by atoms with Crippen molar-refractivity contribution in [1.82, 2.24) is 19.9 Å². The molecule has 96 valence electrons. The van der Waals surface area contributed by atoms with Gasteiger partial charge in [-0.3, -0.25) is 4.90 Å². The van der Waals surface area contributed by atoms with E-state index < -0.39 is 0 Å². The molecule has 0 saturated carbocycles. The summed E-state index contributed by atoms with van der Waals surface area (Å²) in [4.78, 5) is 2.45. The summed E-state index contributed by atoms with van der Waals surface area (Å²) in [6, 6.07) is 0.371. The molecule has 3 unspecified atom stereocenters. The maximum absolute atomic E-state index is 6.32. The average molecular weight is 237 g/mol. The summed E-state index contributed by atoms with van der Waals surface area (Å²) < 4.78 is 1.91. The van der Waals surface area contributed by atoms with E-state index >= 15 is 0 Å². The number of hydrogen-bond acceptors (Lipinski definition) is 4. The summed E-state index contributed by atoms with van der Waals surface area (Å²) in [5.41, 5.74) is 6.50. The monoisotopic (exact) mass is 237 g/mol. The highest BCUT2D eigenvalue weighted by Crippen LogP contribution is 2.30. The minimum absolute atomic E-state index is 0.111. The fourth-order valence-electron chi connectivity index (χ4n) is 2.70. The van der Waals surface area contributed by atoms with Gasteiger partial charge in [0.25, 0.3) is 0 Å². The number of rotatable bonds is 1. The summed E-state index contributed by atoms with van der Waals surface area (Å²) in [7, 11) is 0. The van der Waals surface area contributed by atoms with Crippen molar-refractivity contribution in [1.29, 1.82) is 0 Å². The highest BCUT2D eigenvalue weighted by Gasteiger charge is 2.37. The Kier molecular flexibility index (Phi) is 3.23. The van der Waals surface area contributed by atoms with Gasteiger partial charge < -0.3 is 5.73 Å². The van der Waals surface area contributed by atoms with Crippen LogP contribution in [0.2, 0.25) is 0 Å². The predicted molar refractivity (Wildman–Crippen MR) is 67.5 cm³/mol. The van der Waals surface area contributed by atoms with Crippen LogP contribution in [0, 0.1) is 5.92 Å². The molecule has 5 nitrogen and oxygen atoms in total. The van der Waals surface area contributed by atoms with Crippen LogP contribution < -0.4 is 5.73 Å². The maximum Gasteiger partial charge on any atom is 0.0737 e. The van der Waals surface area contributed by atoms with Gasteiger partial charge in [-0.25, -0.2) is 4.68 Å². The van der Waals surface area contributed by atoms with E-state index in [4.69, 9.17) is 5.73 Å². The molecule has 1 fully saturated rings. The van der Waals surface area contributed by atoms with Crippen LogP contribution in [0.4, 0.5) is 0 Å². The minimum atomic E-state index is 0.111. The largest absolute Gasteiger partial charge is 0.325 e. The Hall–Kier alpha value is -0.940. The third-order valence-corrected chi connectivity index (χ3v) is 3.66. The molecule has 1 saturated heterocycles. The first kappa shape index (κ1) is 12.5. The lowest BCUT2D eigenvalue weighted by atomic mass is 9.87. The first-order chi connectivity index (χ1) is 7.89. The van der Waals surface area contributed by atoms with Crippen LogP contribution in [-0.4, -0.2) is 44.6 Å². The molecular weight excluding hydrogens is 214 g/mol. The van der Waals surface area contributed by atoms with E-state index in [-0.39, 0.29) is 17.6 Å². The summed E-state index contributed by atoms with van der Waals surface area (Å²) >= 11 is 0. The molecule has 1 aromatic rings. The molecule has 0 spiro atoms. The molecule has 0 radical (unpaired) electrons. The molecule has 1 aliphatic heterocycles. The predicted octanol–water partition coefficient (Wildman–Crippen LogP) is 0.897. The van der Waals surface area contributed by atoms with Crippen molar-refractivity contribution in [3.63, 3.8) is 0 Å². The molecule has 0 bridgehead atoms. The lowest BCUT2D eigenvalue weighted by Crippen LogP contribution is -2.58. The topological polar surface area (TPSA) is 60.0 Å². The number of piperidine rings is 1. The number of nitrogens with two attached hydrogens (primary N) is 1. The Morgan fingerprint density at radius 2 is 2.00 bits per heavy atom. The van der Waals surface area contributed by atoms with Crippen molar-refractivity contribution in [3.8, 4) is 0 Å². The lowest BCUT2D eigenvalue weighted by Gasteiger charge is -2.46. The smallest absolute Gasteiger partial charge is 0.0737 e. The third kappa shape index (κ3) is 2.50. The zero-order valence-corrected chi connectivity index (χ0v) is 11.2. The zero-order chi connectivity index (χ0) is 12.6.